The van der Waals surface area contributed by atoms with Gasteiger partial charge in [0.2, 0.25) is 5.91 Å². The van der Waals surface area contributed by atoms with Gasteiger partial charge in [0.1, 0.15) is 17.1 Å². The smallest absolute Gasteiger partial charge is 0.273 e. The van der Waals surface area contributed by atoms with Crippen molar-refractivity contribution in [3.63, 3.8) is 0 Å². The minimum absolute atomic E-state index is 0.0457. The van der Waals surface area contributed by atoms with Crippen molar-refractivity contribution in [1.29, 1.82) is 0 Å². The number of carbonyl (C=O) groups is 2. The number of imidazole rings is 1. The van der Waals surface area contributed by atoms with Crippen LogP contribution in [0, 0.1) is 0 Å². The number of aromatic nitrogens is 5. The summed E-state index contributed by atoms with van der Waals surface area (Å²) in [6, 6.07) is 0. The van der Waals surface area contributed by atoms with E-state index in [4.69, 9.17) is 4.98 Å². The molecule has 1 saturated heterocycles. The van der Waals surface area contributed by atoms with E-state index in [2.05, 4.69) is 14.6 Å². The van der Waals surface area contributed by atoms with Gasteiger partial charge in [0.05, 0.1) is 23.6 Å². The summed E-state index contributed by atoms with van der Waals surface area (Å²) >= 11 is 1.42. The Kier molecular flexibility index (Phi) is 4.46. The quantitative estimate of drug-likeness (QED) is 0.624. The third-order valence-electron chi connectivity index (χ3n) is 6.25. The molecule has 2 amide bonds. The Morgan fingerprint density at radius 2 is 1.90 bits per heavy atom. The van der Waals surface area contributed by atoms with Gasteiger partial charge in [-0.25, -0.2) is 9.97 Å². The lowest BCUT2D eigenvalue weighted by molar-refractivity contribution is -0.140. The van der Waals surface area contributed by atoms with Gasteiger partial charge in [-0.05, 0) is 12.8 Å². The molecule has 2 aliphatic rings. The molecule has 9 nitrogen and oxygen atoms in total. The van der Waals surface area contributed by atoms with Crippen molar-refractivity contribution >= 4 is 23.2 Å². The Labute approximate surface area is 177 Å². The minimum Gasteiger partial charge on any atom is -0.337 e. The van der Waals surface area contributed by atoms with Gasteiger partial charge in [-0.1, -0.05) is 0 Å². The molecule has 2 aliphatic heterocycles. The molecule has 1 spiro atoms. The highest BCUT2D eigenvalue weighted by Crippen LogP contribution is 2.42. The summed E-state index contributed by atoms with van der Waals surface area (Å²) in [5.74, 6) is 0.908. The third kappa shape index (κ3) is 2.85. The Morgan fingerprint density at radius 1 is 1.10 bits per heavy atom. The van der Waals surface area contributed by atoms with Crippen LogP contribution in [0.3, 0.4) is 0 Å². The van der Waals surface area contributed by atoms with E-state index in [0.717, 1.165) is 17.1 Å². The van der Waals surface area contributed by atoms with E-state index in [1.807, 2.05) is 35.4 Å². The molecule has 0 unspecified atom stereocenters. The number of carbonyl (C=O) groups excluding carboxylic acids is 2. The van der Waals surface area contributed by atoms with Gasteiger partial charge in [0, 0.05) is 57.3 Å². The van der Waals surface area contributed by atoms with E-state index in [1.165, 1.54) is 11.3 Å². The Morgan fingerprint density at radius 3 is 2.53 bits per heavy atom. The number of likely N-dealkylation sites (tertiary alicyclic amines) is 1. The fourth-order valence-electron chi connectivity index (χ4n) is 4.80. The SMILES string of the molecule is CC(=O)N1CCn2c(-c3cnn(C)c3)cnc2C12CCN(C(=O)c1cscn1)CC2. The number of aryl methyl sites for hydroxylation is 1. The molecule has 5 rings (SSSR count). The first-order valence-corrected chi connectivity index (χ1v) is 10.9. The summed E-state index contributed by atoms with van der Waals surface area (Å²) in [7, 11) is 1.89. The summed E-state index contributed by atoms with van der Waals surface area (Å²) < 4.78 is 3.99. The Bertz CT molecular complexity index is 1090. The first-order chi connectivity index (χ1) is 14.5. The topological polar surface area (TPSA) is 89.2 Å². The van der Waals surface area contributed by atoms with Crippen molar-refractivity contribution in [2.24, 2.45) is 7.05 Å². The lowest BCUT2D eigenvalue weighted by Crippen LogP contribution is -2.59. The van der Waals surface area contributed by atoms with Gasteiger partial charge >= 0.3 is 0 Å². The molecule has 0 radical (unpaired) electrons. The molecule has 0 bridgehead atoms. The molecule has 30 heavy (non-hydrogen) atoms. The van der Waals surface area contributed by atoms with Crippen LogP contribution in [-0.4, -0.2) is 65.6 Å². The summed E-state index contributed by atoms with van der Waals surface area (Å²) in [6.45, 7) is 4.08. The van der Waals surface area contributed by atoms with Crippen molar-refractivity contribution < 1.29 is 9.59 Å². The monoisotopic (exact) mass is 425 g/mol. The maximum atomic E-state index is 12.7. The predicted molar refractivity (Wildman–Crippen MR) is 111 cm³/mol. The highest BCUT2D eigenvalue weighted by Gasteiger charge is 2.49. The van der Waals surface area contributed by atoms with Gasteiger partial charge in [0.25, 0.3) is 5.91 Å². The molecule has 5 heterocycles. The molecular weight excluding hydrogens is 402 g/mol. The van der Waals surface area contributed by atoms with Gasteiger partial charge in [-0.15, -0.1) is 11.3 Å². The Balaban J connectivity index is 1.48. The van der Waals surface area contributed by atoms with Crippen LogP contribution in [0.2, 0.25) is 0 Å². The van der Waals surface area contributed by atoms with Crippen molar-refractivity contribution in [3.05, 3.63) is 41.0 Å². The lowest BCUT2D eigenvalue weighted by Gasteiger charge is -2.50. The largest absolute Gasteiger partial charge is 0.337 e. The number of amides is 2. The van der Waals surface area contributed by atoms with Crippen molar-refractivity contribution in [2.75, 3.05) is 19.6 Å². The highest BCUT2D eigenvalue weighted by molar-refractivity contribution is 7.07. The second-order valence-corrected chi connectivity index (χ2v) is 8.61. The van der Waals surface area contributed by atoms with Gasteiger partial charge in [-0.3, -0.25) is 14.3 Å². The number of piperidine rings is 1. The third-order valence-corrected chi connectivity index (χ3v) is 6.83. The molecule has 1 fully saturated rings. The van der Waals surface area contributed by atoms with Crippen LogP contribution >= 0.6 is 11.3 Å². The second kappa shape index (κ2) is 7.05. The number of thiazole rings is 1. The van der Waals surface area contributed by atoms with Gasteiger partial charge < -0.3 is 14.4 Å². The lowest BCUT2D eigenvalue weighted by atomic mass is 9.83. The number of rotatable bonds is 2. The van der Waals surface area contributed by atoms with E-state index in [0.29, 0.717) is 44.7 Å². The molecule has 0 aromatic carbocycles. The molecule has 0 aliphatic carbocycles. The van der Waals surface area contributed by atoms with Crippen LogP contribution in [0.1, 0.15) is 36.1 Å². The zero-order valence-electron chi connectivity index (χ0n) is 17.0. The summed E-state index contributed by atoms with van der Waals surface area (Å²) in [6.07, 6.45) is 7.01. The average molecular weight is 426 g/mol. The maximum Gasteiger partial charge on any atom is 0.273 e. The van der Waals surface area contributed by atoms with Crippen LogP contribution < -0.4 is 0 Å². The van der Waals surface area contributed by atoms with E-state index >= 15 is 0 Å². The van der Waals surface area contributed by atoms with Crippen LogP contribution in [0.5, 0.6) is 0 Å². The summed E-state index contributed by atoms with van der Waals surface area (Å²) in [5, 5.41) is 6.06. The molecule has 156 valence electrons. The fraction of sp³-hybridized carbons (Fsp3) is 0.450. The van der Waals surface area contributed by atoms with E-state index < -0.39 is 5.54 Å². The number of nitrogens with zero attached hydrogens (tertiary/aromatic N) is 7. The summed E-state index contributed by atoms with van der Waals surface area (Å²) in [5.41, 5.74) is 3.70. The molecule has 0 atom stereocenters. The summed E-state index contributed by atoms with van der Waals surface area (Å²) in [4.78, 5) is 38.0. The normalized spacial score (nSPS) is 17.9. The van der Waals surface area contributed by atoms with Crippen molar-refractivity contribution in [2.45, 2.75) is 31.8 Å². The number of fused-ring (bicyclic) bond motifs is 2. The first-order valence-electron chi connectivity index (χ1n) is 10.0. The molecule has 3 aromatic rings. The molecule has 10 heteroatoms. The second-order valence-electron chi connectivity index (χ2n) is 7.89. The molecule has 0 N–H and O–H groups in total. The average Bonchev–Trinajstić information content (AvgIpc) is 3.49. The van der Waals surface area contributed by atoms with Crippen LogP contribution in [-0.2, 0) is 23.9 Å². The fourth-order valence-corrected chi connectivity index (χ4v) is 5.33. The molecule has 3 aromatic heterocycles. The van der Waals surface area contributed by atoms with Crippen LogP contribution in [0.15, 0.2) is 29.5 Å². The number of hydrogen-bond donors (Lipinski definition) is 0. The van der Waals surface area contributed by atoms with E-state index in [9.17, 15) is 9.59 Å². The standard InChI is InChI=1S/C20H23N7O2S/c1-14(28)27-8-7-26-17(15-9-23-24(2)11-15)10-21-19(26)20(27)3-5-25(6-4-20)18(29)16-12-30-13-22-16/h9-13H,3-8H2,1-2H3. The van der Waals surface area contributed by atoms with Crippen molar-refractivity contribution in [3.8, 4) is 11.3 Å². The number of hydrogen-bond acceptors (Lipinski definition) is 6. The van der Waals surface area contributed by atoms with Gasteiger partial charge in [-0.2, -0.15) is 5.10 Å². The van der Waals surface area contributed by atoms with Gasteiger partial charge in [0.15, 0.2) is 0 Å². The predicted octanol–water partition coefficient (Wildman–Crippen LogP) is 1.73. The Hall–Kier alpha value is -3.01. The molecular formula is C20H23N7O2S. The minimum atomic E-state index is -0.497. The maximum absolute atomic E-state index is 12.7. The van der Waals surface area contributed by atoms with Crippen molar-refractivity contribution in [1.82, 2.24) is 34.1 Å². The van der Waals surface area contributed by atoms with Crippen LogP contribution in [0.4, 0.5) is 0 Å². The zero-order chi connectivity index (χ0) is 20.9. The first kappa shape index (κ1) is 19.0. The van der Waals surface area contributed by atoms with E-state index in [-0.39, 0.29) is 11.8 Å². The van der Waals surface area contributed by atoms with E-state index in [1.54, 1.807) is 22.5 Å². The van der Waals surface area contributed by atoms with Crippen LogP contribution in [0.25, 0.3) is 11.3 Å². The molecule has 0 saturated carbocycles. The highest BCUT2D eigenvalue weighted by atomic mass is 32.1. The zero-order valence-corrected chi connectivity index (χ0v) is 17.8.